The zero-order valence-corrected chi connectivity index (χ0v) is 12.4. The topological polar surface area (TPSA) is 89.5 Å². The molecule has 0 aliphatic carbocycles. The van der Waals surface area contributed by atoms with E-state index in [4.69, 9.17) is 5.73 Å². The van der Waals surface area contributed by atoms with E-state index in [1.807, 2.05) is 18.7 Å². The van der Waals surface area contributed by atoms with E-state index in [0.717, 1.165) is 5.56 Å². The summed E-state index contributed by atoms with van der Waals surface area (Å²) in [6.07, 6.45) is 0. The largest absolute Gasteiger partial charge is 0.369 e. The Kier molecular flexibility index (Phi) is 5.44. The Morgan fingerprint density at radius 2 is 2.16 bits per heavy atom. The molecule has 0 spiro atoms. The van der Waals surface area contributed by atoms with Crippen molar-refractivity contribution in [3.63, 3.8) is 0 Å². The zero-order valence-electron chi connectivity index (χ0n) is 10.8. The van der Waals surface area contributed by atoms with Gasteiger partial charge in [0.05, 0.1) is 15.9 Å². The van der Waals surface area contributed by atoms with Crippen LogP contribution in [0.3, 0.4) is 0 Å². The first-order chi connectivity index (χ1) is 8.81. The molecule has 0 saturated heterocycles. The quantitative estimate of drug-likeness (QED) is 0.638. The Hall–Kier alpha value is -1.47. The van der Waals surface area contributed by atoms with E-state index < -0.39 is 10.8 Å². The van der Waals surface area contributed by atoms with Gasteiger partial charge in [-0.25, -0.2) is 0 Å². The average Bonchev–Trinajstić information content (AvgIpc) is 2.29. The zero-order chi connectivity index (χ0) is 14.6. The summed E-state index contributed by atoms with van der Waals surface area (Å²) in [5.41, 5.74) is 5.97. The standard InChI is InChI=1S/C12H16BrN3O3/c1-8(2)15(7-12(14)17)6-9-3-4-10(13)11(5-9)16(18)19/h3-5,8H,6-7H2,1-2H3,(H2,14,17). The van der Waals surface area contributed by atoms with Crippen LogP contribution in [-0.2, 0) is 11.3 Å². The van der Waals surface area contributed by atoms with Gasteiger partial charge in [0.15, 0.2) is 0 Å². The van der Waals surface area contributed by atoms with Crippen molar-refractivity contribution in [2.24, 2.45) is 5.73 Å². The molecule has 7 heteroatoms. The van der Waals surface area contributed by atoms with Crippen LogP contribution in [0.2, 0.25) is 0 Å². The second-order valence-corrected chi connectivity index (χ2v) is 5.36. The number of primary amides is 1. The van der Waals surface area contributed by atoms with Crippen LogP contribution in [0, 0.1) is 10.1 Å². The minimum atomic E-state index is -0.443. The lowest BCUT2D eigenvalue weighted by molar-refractivity contribution is -0.385. The molecule has 0 aliphatic heterocycles. The summed E-state index contributed by atoms with van der Waals surface area (Å²) < 4.78 is 0.437. The number of nitrogens with two attached hydrogens (primary N) is 1. The van der Waals surface area contributed by atoms with Gasteiger partial charge in [0.1, 0.15) is 0 Å². The molecule has 0 aliphatic rings. The molecule has 0 radical (unpaired) electrons. The molecular weight excluding hydrogens is 314 g/mol. The van der Waals surface area contributed by atoms with Crippen molar-refractivity contribution in [1.29, 1.82) is 0 Å². The van der Waals surface area contributed by atoms with Crippen molar-refractivity contribution in [2.75, 3.05) is 6.54 Å². The van der Waals surface area contributed by atoms with Crippen molar-refractivity contribution in [3.8, 4) is 0 Å². The summed E-state index contributed by atoms with van der Waals surface area (Å²) in [7, 11) is 0. The van der Waals surface area contributed by atoms with Crippen LogP contribution in [0.25, 0.3) is 0 Å². The van der Waals surface area contributed by atoms with Gasteiger partial charge in [-0.15, -0.1) is 0 Å². The molecule has 0 atom stereocenters. The summed E-state index contributed by atoms with van der Waals surface area (Å²) in [6, 6.07) is 5.04. The number of carbonyl (C=O) groups excluding carboxylic acids is 1. The predicted molar refractivity (Wildman–Crippen MR) is 75.5 cm³/mol. The van der Waals surface area contributed by atoms with E-state index in [2.05, 4.69) is 15.9 Å². The molecule has 6 nitrogen and oxygen atoms in total. The molecule has 0 bridgehead atoms. The summed E-state index contributed by atoms with van der Waals surface area (Å²) in [5.74, 6) is -0.416. The first-order valence-corrected chi connectivity index (χ1v) is 6.55. The second-order valence-electron chi connectivity index (χ2n) is 4.51. The highest BCUT2D eigenvalue weighted by Crippen LogP contribution is 2.26. The van der Waals surface area contributed by atoms with Crippen LogP contribution in [0.15, 0.2) is 22.7 Å². The summed E-state index contributed by atoms with van der Waals surface area (Å²) >= 11 is 3.14. The van der Waals surface area contributed by atoms with Gasteiger partial charge < -0.3 is 5.73 Å². The number of carbonyl (C=O) groups is 1. The smallest absolute Gasteiger partial charge is 0.283 e. The minimum Gasteiger partial charge on any atom is -0.369 e. The molecule has 0 aromatic heterocycles. The highest BCUT2D eigenvalue weighted by molar-refractivity contribution is 9.10. The van der Waals surface area contributed by atoms with Gasteiger partial charge in [-0.1, -0.05) is 6.07 Å². The third-order valence-electron chi connectivity index (χ3n) is 2.68. The van der Waals surface area contributed by atoms with E-state index in [0.29, 0.717) is 11.0 Å². The van der Waals surface area contributed by atoms with Crippen LogP contribution < -0.4 is 5.73 Å². The van der Waals surface area contributed by atoms with Gasteiger partial charge in [0.25, 0.3) is 5.69 Å². The fraction of sp³-hybridized carbons (Fsp3) is 0.417. The molecular formula is C12H16BrN3O3. The molecule has 0 saturated carbocycles. The maximum absolute atomic E-state index is 11.0. The van der Waals surface area contributed by atoms with Crippen LogP contribution in [0.1, 0.15) is 19.4 Å². The van der Waals surface area contributed by atoms with E-state index >= 15 is 0 Å². The SMILES string of the molecule is CC(C)N(CC(N)=O)Cc1ccc(Br)c([N+](=O)[O-])c1. The normalized spacial score (nSPS) is 11.0. The Morgan fingerprint density at radius 1 is 1.53 bits per heavy atom. The number of nitro groups is 1. The summed E-state index contributed by atoms with van der Waals surface area (Å²) in [4.78, 5) is 23.3. The lowest BCUT2D eigenvalue weighted by atomic mass is 10.1. The van der Waals surface area contributed by atoms with E-state index in [1.54, 1.807) is 12.1 Å². The maximum Gasteiger partial charge on any atom is 0.283 e. The lowest BCUT2D eigenvalue weighted by Gasteiger charge is -2.24. The fourth-order valence-corrected chi connectivity index (χ4v) is 2.04. The molecule has 19 heavy (non-hydrogen) atoms. The van der Waals surface area contributed by atoms with Crippen molar-refractivity contribution in [3.05, 3.63) is 38.3 Å². The number of rotatable bonds is 6. The highest BCUT2D eigenvalue weighted by Gasteiger charge is 2.16. The molecule has 1 aromatic rings. The van der Waals surface area contributed by atoms with Crippen molar-refractivity contribution >= 4 is 27.5 Å². The van der Waals surface area contributed by atoms with Gasteiger partial charge in [-0.2, -0.15) is 0 Å². The molecule has 0 heterocycles. The maximum atomic E-state index is 11.0. The number of benzene rings is 1. The number of hydrogen-bond donors (Lipinski definition) is 1. The Balaban J connectivity index is 2.93. The number of nitrogens with zero attached hydrogens (tertiary/aromatic N) is 2. The van der Waals surface area contributed by atoms with Gasteiger partial charge in [-0.05, 0) is 41.4 Å². The van der Waals surface area contributed by atoms with Gasteiger partial charge in [-0.3, -0.25) is 19.8 Å². The van der Waals surface area contributed by atoms with E-state index in [-0.39, 0.29) is 18.3 Å². The van der Waals surface area contributed by atoms with E-state index in [1.165, 1.54) is 6.07 Å². The van der Waals surface area contributed by atoms with Crippen molar-refractivity contribution in [1.82, 2.24) is 4.90 Å². The summed E-state index contributed by atoms with van der Waals surface area (Å²) in [5, 5.41) is 10.9. The molecule has 2 N–H and O–H groups in total. The van der Waals surface area contributed by atoms with Crippen molar-refractivity contribution in [2.45, 2.75) is 26.4 Å². The average molecular weight is 330 g/mol. The highest BCUT2D eigenvalue weighted by atomic mass is 79.9. The molecule has 1 amide bonds. The third-order valence-corrected chi connectivity index (χ3v) is 3.35. The summed E-state index contributed by atoms with van der Waals surface area (Å²) in [6.45, 7) is 4.45. The van der Waals surface area contributed by atoms with Crippen LogP contribution in [0.5, 0.6) is 0 Å². The van der Waals surface area contributed by atoms with Crippen LogP contribution in [0.4, 0.5) is 5.69 Å². The van der Waals surface area contributed by atoms with E-state index in [9.17, 15) is 14.9 Å². The van der Waals surface area contributed by atoms with Crippen LogP contribution >= 0.6 is 15.9 Å². The van der Waals surface area contributed by atoms with Gasteiger partial charge in [0, 0.05) is 18.7 Å². The molecule has 1 rings (SSSR count). The first kappa shape index (κ1) is 15.6. The number of amides is 1. The predicted octanol–water partition coefficient (Wildman–Crippen LogP) is 2.05. The Bertz CT molecular complexity index is 491. The molecule has 104 valence electrons. The minimum absolute atomic E-state index is 0.0141. The number of hydrogen-bond acceptors (Lipinski definition) is 4. The monoisotopic (exact) mass is 329 g/mol. The molecule has 1 aromatic carbocycles. The molecule has 0 unspecified atom stereocenters. The Morgan fingerprint density at radius 3 is 2.63 bits per heavy atom. The number of halogens is 1. The molecule has 0 fully saturated rings. The first-order valence-electron chi connectivity index (χ1n) is 5.76. The van der Waals surface area contributed by atoms with Gasteiger partial charge in [0.2, 0.25) is 5.91 Å². The Labute approximate surface area is 119 Å². The van der Waals surface area contributed by atoms with Gasteiger partial charge >= 0.3 is 0 Å². The second kappa shape index (κ2) is 6.63. The van der Waals surface area contributed by atoms with Crippen molar-refractivity contribution < 1.29 is 9.72 Å². The van der Waals surface area contributed by atoms with Crippen LogP contribution in [-0.4, -0.2) is 28.3 Å². The lowest BCUT2D eigenvalue weighted by Crippen LogP contribution is -2.37. The number of nitro benzene ring substituents is 1. The fourth-order valence-electron chi connectivity index (χ4n) is 1.65. The third kappa shape index (κ3) is 4.60.